The highest BCUT2D eigenvalue weighted by atomic mass is 16.2. The maximum atomic E-state index is 12.9. The maximum Gasteiger partial charge on any atom is 0.242 e. The minimum absolute atomic E-state index is 0.0372. The summed E-state index contributed by atoms with van der Waals surface area (Å²) in [5, 5.41) is 18.1. The normalized spacial score (nSPS) is 14.3. The van der Waals surface area contributed by atoms with Crippen molar-refractivity contribution in [1.82, 2.24) is 31.9 Å². The molecule has 0 aromatic carbocycles. The van der Waals surface area contributed by atoms with E-state index in [1.807, 2.05) is 19.9 Å². The predicted octanol–water partition coefficient (Wildman–Crippen LogP) is 1.45. The van der Waals surface area contributed by atoms with Gasteiger partial charge in [0, 0.05) is 32.6 Å². The van der Waals surface area contributed by atoms with Crippen LogP contribution in [0.2, 0.25) is 0 Å². The van der Waals surface area contributed by atoms with E-state index in [0.717, 1.165) is 31.5 Å². The minimum atomic E-state index is -0.557. The van der Waals surface area contributed by atoms with Gasteiger partial charge in [0.25, 0.3) is 0 Å². The van der Waals surface area contributed by atoms with Crippen LogP contribution in [0.15, 0.2) is 11.6 Å². The highest BCUT2D eigenvalue weighted by molar-refractivity contribution is 5.89. The van der Waals surface area contributed by atoms with Gasteiger partial charge >= 0.3 is 0 Å². The molecule has 0 heterocycles. The summed E-state index contributed by atoms with van der Waals surface area (Å²) in [5.74, 6) is 0.00100. The highest BCUT2D eigenvalue weighted by Crippen LogP contribution is 2.14. The fourth-order valence-corrected chi connectivity index (χ4v) is 3.77. The molecule has 204 valence electrons. The molecule has 0 aromatic rings. The van der Waals surface area contributed by atoms with Crippen LogP contribution in [0, 0.1) is 5.92 Å². The Balaban J connectivity index is 4.66. The topological polar surface area (TPSA) is 123 Å². The number of hydrogen-bond acceptors (Lipinski definition) is 6. The van der Waals surface area contributed by atoms with Crippen molar-refractivity contribution >= 4 is 17.7 Å². The fraction of sp³-hybridized carbons (Fsp3) is 0.808. The summed E-state index contributed by atoms with van der Waals surface area (Å²) in [6, 6.07) is -0.525. The molecule has 0 fully saturated rings. The Bertz CT molecular complexity index is 639. The van der Waals surface area contributed by atoms with E-state index >= 15 is 0 Å². The summed E-state index contributed by atoms with van der Waals surface area (Å²) in [6.45, 7) is 13.4. The Kier molecular flexibility index (Phi) is 19.1. The number of amides is 3. The standard InChI is InChI=1S/C26H52N6O3/c1-8-29-16-13-24(33)31-15-10-12-20(4)17-22(27-6)26(35)32-23(25(34)28-7)18-21(5)11-9-14-30-19(2)3/h12,19,21-23,27,29-30H,8-11,13-18H2,1-7H3,(H,28,34)(H,31,33)(H,32,35)/b20-12+. The molecule has 0 rings (SSSR count). The zero-order chi connectivity index (χ0) is 26.6. The van der Waals surface area contributed by atoms with Crippen molar-refractivity contribution in [3.05, 3.63) is 11.6 Å². The monoisotopic (exact) mass is 496 g/mol. The fourth-order valence-electron chi connectivity index (χ4n) is 3.77. The summed E-state index contributed by atoms with van der Waals surface area (Å²) < 4.78 is 0. The van der Waals surface area contributed by atoms with Gasteiger partial charge in [-0.15, -0.1) is 0 Å². The molecule has 9 heteroatoms. The molecule has 0 spiro atoms. The molecule has 3 amide bonds. The largest absolute Gasteiger partial charge is 0.357 e. The van der Waals surface area contributed by atoms with E-state index in [0.29, 0.717) is 50.7 Å². The summed E-state index contributed by atoms with van der Waals surface area (Å²) in [5.41, 5.74) is 1.06. The van der Waals surface area contributed by atoms with E-state index in [2.05, 4.69) is 52.7 Å². The Labute approximate surface area is 213 Å². The second-order valence-electron chi connectivity index (χ2n) is 9.61. The van der Waals surface area contributed by atoms with Crippen LogP contribution in [-0.2, 0) is 14.4 Å². The van der Waals surface area contributed by atoms with Crippen molar-refractivity contribution in [2.24, 2.45) is 5.92 Å². The van der Waals surface area contributed by atoms with Crippen LogP contribution >= 0.6 is 0 Å². The number of rotatable bonds is 20. The van der Waals surface area contributed by atoms with Crippen molar-refractivity contribution in [2.45, 2.75) is 91.3 Å². The Morgan fingerprint density at radius 2 is 1.66 bits per heavy atom. The Morgan fingerprint density at radius 1 is 0.943 bits per heavy atom. The molecule has 0 aliphatic carbocycles. The zero-order valence-electron chi connectivity index (χ0n) is 23.2. The molecule has 3 atom stereocenters. The van der Waals surface area contributed by atoms with Gasteiger partial charge in [-0.05, 0) is 65.1 Å². The van der Waals surface area contributed by atoms with E-state index in [1.165, 1.54) is 0 Å². The van der Waals surface area contributed by atoms with Gasteiger partial charge in [0.15, 0.2) is 0 Å². The van der Waals surface area contributed by atoms with Gasteiger partial charge in [-0.3, -0.25) is 14.4 Å². The van der Waals surface area contributed by atoms with Crippen LogP contribution in [0.25, 0.3) is 0 Å². The number of carbonyl (C=O) groups is 3. The first-order valence-electron chi connectivity index (χ1n) is 13.2. The van der Waals surface area contributed by atoms with Crippen LogP contribution in [0.5, 0.6) is 0 Å². The first-order chi connectivity index (χ1) is 16.6. The third kappa shape index (κ3) is 17.2. The quantitative estimate of drug-likeness (QED) is 0.112. The predicted molar refractivity (Wildman–Crippen MR) is 144 cm³/mol. The minimum Gasteiger partial charge on any atom is -0.357 e. The molecule has 0 saturated heterocycles. The Hall–Kier alpha value is -1.97. The van der Waals surface area contributed by atoms with Crippen LogP contribution in [0.1, 0.15) is 73.1 Å². The SMILES string of the molecule is CCNCCC(=O)NCC/C=C(\C)CC(NC)C(=O)NC(CC(C)CCCNC(C)C)C(=O)NC. The van der Waals surface area contributed by atoms with Gasteiger partial charge in [-0.2, -0.15) is 0 Å². The first-order valence-corrected chi connectivity index (χ1v) is 13.2. The molecule has 0 aromatic heterocycles. The van der Waals surface area contributed by atoms with Crippen LogP contribution in [0.4, 0.5) is 0 Å². The van der Waals surface area contributed by atoms with Crippen molar-refractivity contribution < 1.29 is 14.4 Å². The zero-order valence-corrected chi connectivity index (χ0v) is 23.2. The molecule has 9 nitrogen and oxygen atoms in total. The van der Waals surface area contributed by atoms with Crippen molar-refractivity contribution in [3.63, 3.8) is 0 Å². The second kappa shape index (κ2) is 20.2. The molecule has 0 aliphatic rings. The van der Waals surface area contributed by atoms with E-state index in [9.17, 15) is 14.4 Å². The van der Waals surface area contributed by atoms with Gasteiger partial charge in [0.05, 0.1) is 6.04 Å². The van der Waals surface area contributed by atoms with E-state index in [1.54, 1.807) is 14.1 Å². The van der Waals surface area contributed by atoms with Gasteiger partial charge in [0.2, 0.25) is 17.7 Å². The molecule has 0 saturated carbocycles. The van der Waals surface area contributed by atoms with E-state index < -0.39 is 12.1 Å². The number of carbonyl (C=O) groups excluding carboxylic acids is 3. The molecule has 0 bridgehead atoms. The Morgan fingerprint density at radius 3 is 2.26 bits per heavy atom. The second-order valence-corrected chi connectivity index (χ2v) is 9.61. The first kappa shape index (κ1) is 33.0. The molecule has 35 heavy (non-hydrogen) atoms. The molecule has 0 radical (unpaired) electrons. The van der Waals surface area contributed by atoms with E-state index in [-0.39, 0.29) is 17.7 Å². The average molecular weight is 497 g/mol. The van der Waals surface area contributed by atoms with Crippen LogP contribution in [-0.4, -0.2) is 76.1 Å². The van der Waals surface area contributed by atoms with Gasteiger partial charge in [-0.25, -0.2) is 0 Å². The van der Waals surface area contributed by atoms with Crippen molar-refractivity contribution in [1.29, 1.82) is 0 Å². The lowest BCUT2D eigenvalue weighted by molar-refractivity contribution is -0.130. The van der Waals surface area contributed by atoms with Gasteiger partial charge in [-0.1, -0.05) is 39.3 Å². The maximum absolute atomic E-state index is 12.9. The third-order valence-corrected chi connectivity index (χ3v) is 5.87. The smallest absolute Gasteiger partial charge is 0.242 e. The number of likely N-dealkylation sites (N-methyl/N-ethyl adjacent to an activating group) is 2. The van der Waals surface area contributed by atoms with E-state index in [4.69, 9.17) is 0 Å². The summed E-state index contributed by atoms with van der Waals surface area (Å²) in [7, 11) is 3.35. The van der Waals surface area contributed by atoms with Crippen molar-refractivity contribution in [2.75, 3.05) is 40.3 Å². The lowest BCUT2D eigenvalue weighted by atomic mass is 9.95. The molecule has 0 aliphatic heterocycles. The molecule has 6 N–H and O–H groups in total. The van der Waals surface area contributed by atoms with Crippen LogP contribution < -0.4 is 31.9 Å². The van der Waals surface area contributed by atoms with Crippen LogP contribution in [0.3, 0.4) is 0 Å². The molecular formula is C26H52N6O3. The lowest BCUT2D eigenvalue weighted by Crippen LogP contribution is -2.52. The van der Waals surface area contributed by atoms with Crippen molar-refractivity contribution in [3.8, 4) is 0 Å². The average Bonchev–Trinajstić information content (AvgIpc) is 2.82. The summed E-state index contributed by atoms with van der Waals surface area (Å²) in [6.07, 6.45) is 6.39. The lowest BCUT2D eigenvalue weighted by Gasteiger charge is -2.24. The van der Waals surface area contributed by atoms with Gasteiger partial charge < -0.3 is 31.9 Å². The highest BCUT2D eigenvalue weighted by Gasteiger charge is 2.25. The molecule has 3 unspecified atom stereocenters. The summed E-state index contributed by atoms with van der Waals surface area (Å²) >= 11 is 0. The summed E-state index contributed by atoms with van der Waals surface area (Å²) in [4.78, 5) is 37.2. The van der Waals surface area contributed by atoms with Gasteiger partial charge in [0.1, 0.15) is 6.04 Å². The number of nitrogens with one attached hydrogen (secondary N) is 6. The number of hydrogen-bond donors (Lipinski definition) is 6. The molecular weight excluding hydrogens is 444 g/mol. The third-order valence-electron chi connectivity index (χ3n) is 5.87.